The van der Waals surface area contributed by atoms with Gasteiger partial charge in [0.05, 0.1) is 12.2 Å². The second kappa shape index (κ2) is 7.24. The molecule has 2 aliphatic rings. The first-order chi connectivity index (χ1) is 9.42. The second-order valence-corrected chi connectivity index (χ2v) is 7.93. The van der Waals surface area contributed by atoms with E-state index >= 15 is 0 Å². The molecule has 1 N–H and O–H groups in total. The number of hydrogen-bond acceptors (Lipinski definition) is 3. The highest BCUT2D eigenvalue weighted by Crippen LogP contribution is 2.23. The summed E-state index contributed by atoms with van der Waals surface area (Å²) < 4.78 is 6.22. The summed E-state index contributed by atoms with van der Waals surface area (Å²) >= 11 is 0. The second-order valence-electron chi connectivity index (χ2n) is 7.93. The molecule has 3 unspecified atom stereocenters. The Hall–Kier alpha value is -0.120. The van der Waals surface area contributed by atoms with Crippen LogP contribution in [0.3, 0.4) is 0 Å². The van der Waals surface area contributed by atoms with Crippen LogP contribution in [0.5, 0.6) is 0 Å². The zero-order chi connectivity index (χ0) is 14.6. The van der Waals surface area contributed by atoms with Crippen molar-refractivity contribution in [2.24, 2.45) is 5.92 Å². The molecule has 3 atom stereocenters. The van der Waals surface area contributed by atoms with Crippen LogP contribution in [-0.4, -0.2) is 48.8 Å². The topological polar surface area (TPSA) is 24.5 Å². The van der Waals surface area contributed by atoms with Gasteiger partial charge in [-0.25, -0.2) is 0 Å². The minimum absolute atomic E-state index is 0.197. The third kappa shape index (κ3) is 5.71. The van der Waals surface area contributed by atoms with E-state index in [0.29, 0.717) is 12.2 Å². The van der Waals surface area contributed by atoms with Crippen molar-refractivity contribution in [1.82, 2.24) is 10.2 Å². The molecule has 2 heterocycles. The number of nitrogens with zero attached hydrogens (tertiary/aromatic N) is 1. The highest BCUT2D eigenvalue weighted by Gasteiger charge is 2.28. The molecular weight excluding hydrogens is 248 g/mol. The summed E-state index contributed by atoms with van der Waals surface area (Å²) in [5.74, 6) is 0.910. The summed E-state index contributed by atoms with van der Waals surface area (Å²) in [7, 11) is 0. The molecule has 20 heavy (non-hydrogen) atoms. The summed E-state index contributed by atoms with van der Waals surface area (Å²) in [6.45, 7) is 13.7. The van der Waals surface area contributed by atoms with Gasteiger partial charge in [-0.05, 0) is 71.9 Å². The molecule has 2 aliphatic heterocycles. The quantitative estimate of drug-likeness (QED) is 0.858. The first kappa shape index (κ1) is 16.3. The largest absolute Gasteiger partial charge is 0.372 e. The molecule has 0 amide bonds. The van der Waals surface area contributed by atoms with E-state index in [1.807, 2.05) is 0 Å². The van der Waals surface area contributed by atoms with Crippen LogP contribution in [0.2, 0.25) is 0 Å². The van der Waals surface area contributed by atoms with Crippen LogP contribution in [0.25, 0.3) is 0 Å². The number of likely N-dealkylation sites (tertiary alicyclic amines) is 1. The summed E-state index contributed by atoms with van der Waals surface area (Å²) in [6, 6.07) is 0. The molecule has 0 radical (unpaired) electrons. The van der Waals surface area contributed by atoms with Crippen LogP contribution in [0.1, 0.15) is 59.8 Å². The first-order valence-electron chi connectivity index (χ1n) is 8.55. The lowest BCUT2D eigenvalue weighted by Gasteiger charge is -2.25. The van der Waals surface area contributed by atoms with Crippen LogP contribution in [0, 0.1) is 5.92 Å². The lowest BCUT2D eigenvalue weighted by molar-refractivity contribution is 0.0213. The van der Waals surface area contributed by atoms with E-state index in [1.165, 1.54) is 45.2 Å². The van der Waals surface area contributed by atoms with Crippen molar-refractivity contribution in [1.29, 1.82) is 0 Å². The summed E-state index contributed by atoms with van der Waals surface area (Å²) in [4.78, 5) is 2.63. The smallest absolute Gasteiger partial charge is 0.0707 e. The Bertz CT molecular complexity index is 287. The standard InChI is InChI=1S/C17H34N2O/c1-14-6-5-10-19(11-9-14)13-16-8-7-15(20-16)12-18-17(2,3)4/h14-16,18H,5-13H2,1-4H3. The van der Waals surface area contributed by atoms with E-state index in [4.69, 9.17) is 4.74 Å². The van der Waals surface area contributed by atoms with Crippen molar-refractivity contribution in [3.63, 3.8) is 0 Å². The van der Waals surface area contributed by atoms with Gasteiger partial charge in [-0.1, -0.05) is 6.92 Å². The van der Waals surface area contributed by atoms with Crippen LogP contribution in [0.4, 0.5) is 0 Å². The monoisotopic (exact) mass is 282 g/mol. The van der Waals surface area contributed by atoms with E-state index in [1.54, 1.807) is 0 Å². The average molecular weight is 282 g/mol. The highest BCUT2D eigenvalue weighted by molar-refractivity contribution is 4.81. The van der Waals surface area contributed by atoms with Gasteiger partial charge in [-0.2, -0.15) is 0 Å². The fraction of sp³-hybridized carbons (Fsp3) is 1.00. The van der Waals surface area contributed by atoms with Crippen LogP contribution >= 0.6 is 0 Å². The maximum Gasteiger partial charge on any atom is 0.0707 e. The predicted octanol–water partition coefficient (Wildman–Crippen LogP) is 3.04. The fourth-order valence-corrected chi connectivity index (χ4v) is 3.28. The maximum absolute atomic E-state index is 6.22. The Kier molecular flexibility index (Phi) is 5.88. The molecule has 0 aromatic heterocycles. The predicted molar refractivity (Wildman–Crippen MR) is 85.1 cm³/mol. The Morgan fingerprint density at radius 2 is 1.80 bits per heavy atom. The summed E-state index contributed by atoms with van der Waals surface area (Å²) in [6.07, 6.45) is 7.48. The van der Waals surface area contributed by atoms with Gasteiger partial charge in [-0.15, -0.1) is 0 Å². The molecule has 0 aliphatic carbocycles. The van der Waals surface area contributed by atoms with Gasteiger partial charge in [-0.3, -0.25) is 0 Å². The molecule has 2 fully saturated rings. The third-order valence-electron chi connectivity index (χ3n) is 4.63. The van der Waals surface area contributed by atoms with Gasteiger partial charge in [0.25, 0.3) is 0 Å². The van der Waals surface area contributed by atoms with Gasteiger partial charge in [0.15, 0.2) is 0 Å². The molecule has 0 aromatic carbocycles. The van der Waals surface area contributed by atoms with Crippen LogP contribution in [-0.2, 0) is 4.74 Å². The van der Waals surface area contributed by atoms with Gasteiger partial charge in [0.1, 0.15) is 0 Å². The van der Waals surface area contributed by atoms with Gasteiger partial charge in [0.2, 0.25) is 0 Å². The summed E-state index contributed by atoms with van der Waals surface area (Å²) in [5, 5.41) is 3.57. The van der Waals surface area contributed by atoms with Gasteiger partial charge >= 0.3 is 0 Å². The molecule has 3 nitrogen and oxygen atoms in total. The SMILES string of the molecule is CC1CCCN(CC2CCC(CNC(C)(C)C)O2)CC1. The molecule has 2 rings (SSSR count). The van der Waals surface area contributed by atoms with Gasteiger partial charge in [0, 0.05) is 18.6 Å². The minimum Gasteiger partial charge on any atom is -0.372 e. The normalized spacial score (nSPS) is 33.3. The average Bonchev–Trinajstić information content (AvgIpc) is 2.70. The van der Waals surface area contributed by atoms with Crippen molar-refractivity contribution >= 4 is 0 Å². The van der Waals surface area contributed by atoms with E-state index in [9.17, 15) is 0 Å². The molecule has 0 spiro atoms. The zero-order valence-corrected chi connectivity index (χ0v) is 14.0. The highest BCUT2D eigenvalue weighted by atomic mass is 16.5. The lowest BCUT2D eigenvalue weighted by atomic mass is 10.0. The Morgan fingerprint density at radius 3 is 2.55 bits per heavy atom. The Labute approximate surface area is 125 Å². The van der Waals surface area contributed by atoms with Gasteiger partial charge < -0.3 is 15.0 Å². The molecule has 118 valence electrons. The molecule has 0 saturated carbocycles. The van der Waals surface area contributed by atoms with Crippen molar-refractivity contribution in [3.8, 4) is 0 Å². The molecule has 0 bridgehead atoms. The number of ether oxygens (including phenoxy) is 1. The van der Waals surface area contributed by atoms with Crippen molar-refractivity contribution in [2.75, 3.05) is 26.2 Å². The summed E-state index contributed by atoms with van der Waals surface area (Å²) in [5.41, 5.74) is 0.197. The molecular formula is C17H34N2O. The number of rotatable bonds is 4. The third-order valence-corrected chi connectivity index (χ3v) is 4.63. The maximum atomic E-state index is 6.22. The number of hydrogen-bond donors (Lipinski definition) is 1. The van der Waals surface area contributed by atoms with E-state index in [-0.39, 0.29) is 5.54 Å². The van der Waals surface area contributed by atoms with Crippen molar-refractivity contribution in [3.05, 3.63) is 0 Å². The van der Waals surface area contributed by atoms with E-state index < -0.39 is 0 Å². The molecule has 2 saturated heterocycles. The molecule has 3 heteroatoms. The van der Waals surface area contributed by atoms with Crippen LogP contribution in [0.15, 0.2) is 0 Å². The zero-order valence-electron chi connectivity index (χ0n) is 14.0. The van der Waals surface area contributed by atoms with E-state index in [2.05, 4.69) is 37.9 Å². The first-order valence-corrected chi connectivity index (χ1v) is 8.55. The fourth-order valence-electron chi connectivity index (χ4n) is 3.28. The van der Waals surface area contributed by atoms with Crippen molar-refractivity contribution < 1.29 is 4.74 Å². The lowest BCUT2D eigenvalue weighted by Crippen LogP contribution is -2.41. The Balaban J connectivity index is 1.67. The van der Waals surface area contributed by atoms with E-state index in [0.717, 1.165) is 19.0 Å². The van der Waals surface area contributed by atoms with Crippen molar-refractivity contribution in [2.45, 2.75) is 77.5 Å². The minimum atomic E-state index is 0.197. The number of nitrogens with one attached hydrogen (secondary N) is 1. The Morgan fingerprint density at radius 1 is 1.05 bits per heavy atom. The van der Waals surface area contributed by atoms with Crippen LogP contribution < -0.4 is 5.32 Å². The molecule has 0 aromatic rings.